The van der Waals surface area contributed by atoms with Crippen LogP contribution >= 0.6 is 27.5 Å². The first-order valence-electron chi connectivity index (χ1n) is 8.03. The third kappa shape index (κ3) is 4.25. The lowest BCUT2D eigenvalue weighted by molar-refractivity contribution is -0.126. The molecule has 0 bridgehead atoms. The Hall–Kier alpha value is -1.48. The fourth-order valence-electron chi connectivity index (χ4n) is 2.81. The van der Waals surface area contributed by atoms with Gasteiger partial charge in [0.1, 0.15) is 16.1 Å². The number of carbonyl (C=O) groups excluding carboxylic acids is 1. The lowest BCUT2D eigenvalue weighted by atomic mass is 10.1. The highest BCUT2D eigenvalue weighted by Crippen LogP contribution is 2.25. The summed E-state index contributed by atoms with van der Waals surface area (Å²) in [5, 5.41) is 2.96. The summed E-state index contributed by atoms with van der Waals surface area (Å²) < 4.78 is 28.6. The van der Waals surface area contributed by atoms with Gasteiger partial charge in [0.25, 0.3) is 0 Å². The molecule has 0 spiro atoms. The van der Waals surface area contributed by atoms with E-state index in [4.69, 9.17) is 11.6 Å². The van der Waals surface area contributed by atoms with Crippen molar-refractivity contribution in [1.82, 2.24) is 14.6 Å². The van der Waals surface area contributed by atoms with E-state index >= 15 is 0 Å². The number of halogens is 2. The molecule has 1 amide bonds. The van der Waals surface area contributed by atoms with Gasteiger partial charge < -0.3 is 5.32 Å². The van der Waals surface area contributed by atoms with Crippen LogP contribution < -0.4 is 5.32 Å². The van der Waals surface area contributed by atoms with Gasteiger partial charge in [-0.15, -0.1) is 0 Å². The average molecular weight is 459 g/mol. The van der Waals surface area contributed by atoms with E-state index in [0.29, 0.717) is 13.0 Å². The number of hydrogen-bond acceptors (Lipinski definition) is 4. The first-order valence-corrected chi connectivity index (χ1v) is 10.6. The predicted octanol–water partition coefficient (Wildman–Crippen LogP) is 2.97. The number of sulfonamides is 1. The molecule has 3 rings (SSSR count). The van der Waals surface area contributed by atoms with Crippen LogP contribution in [0.25, 0.3) is 0 Å². The number of benzene rings is 1. The molecule has 9 heteroatoms. The molecular weight excluding hydrogens is 442 g/mol. The number of nitrogens with one attached hydrogen (secondary N) is 1. The normalized spacial score (nSPS) is 18.0. The number of aromatic nitrogens is 1. The number of rotatable bonds is 5. The molecule has 6 nitrogen and oxygen atoms in total. The van der Waals surface area contributed by atoms with Gasteiger partial charge in [0.05, 0.1) is 0 Å². The number of hydrogen-bond donors (Lipinski definition) is 1. The van der Waals surface area contributed by atoms with E-state index in [-0.39, 0.29) is 22.5 Å². The van der Waals surface area contributed by atoms with Crippen molar-refractivity contribution in [3.05, 3.63) is 57.8 Å². The highest BCUT2D eigenvalue weighted by atomic mass is 79.9. The molecule has 0 radical (unpaired) electrons. The number of piperidine rings is 1. The topological polar surface area (TPSA) is 79.4 Å². The lowest BCUT2D eigenvalue weighted by Crippen LogP contribution is -2.52. The molecule has 1 aliphatic heterocycles. The van der Waals surface area contributed by atoms with Crippen LogP contribution in [-0.4, -0.2) is 36.2 Å². The van der Waals surface area contributed by atoms with Gasteiger partial charge >= 0.3 is 0 Å². The van der Waals surface area contributed by atoms with Crippen LogP contribution in [0.5, 0.6) is 0 Å². The maximum Gasteiger partial charge on any atom is 0.245 e. The maximum absolute atomic E-state index is 13.2. The molecule has 1 aromatic heterocycles. The van der Waals surface area contributed by atoms with Crippen LogP contribution in [-0.2, 0) is 21.4 Å². The van der Waals surface area contributed by atoms with Crippen LogP contribution in [0.1, 0.15) is 18.4 Å². The van der Waals surface area contributed by atoms with Crippen molar-refractivity contribution in [3.8, 4) is 0 Å². The molecule has 1 atom stereocenters. The fourth-order valence-corrected chi connectivity index (χ4v) is 4.74. The van der Waals surface area contributed by atoms with Crippen molar-refractivity contribution < 1.29 is 13.2 Å². The second-order valence-corrected chi connectivity index (χ2v) is 9.14. The van der Waals surface area contributed by atoms with Gasteiger partial charge in [-0.25, -0.2) is 13.4 Å². The van der Waals surface area contributed by atoms with E-state index in [9.17, 15) is 13.2 Å². The third-order valence-electron chi connectivity index (χ3n) is 4.16. The summed E-state index contributed by atoms with van der Waals surface area (Å²) in [4.78, 5) is 16.2. The number of amides is 1. The van der Waals surface area contributed by atoms with Gasteiger partial charge in [-0.05, 0) is 42.7 Å². The van der Waals surface area contributed by atoms with Crippen LogP contribution in [0, 0.1) is 0 Å². The van der Waals surface area contributed by atoms with Gasteiger partial charge in [0.15, 0.2) is 0 Å². The minimum atomic E-state index is -3.92. The molecule has 0 saturated carbocycles. The Bertz CT molecular complexity index is 888. The van der Waals surface area contributed by atoms with Crippen LogP contribution in [0.15, 0.2) is 52.0 Å². The van der Waals surface area contributed by atoms with E-state index in [1.807, 2.05) is 24.3 Å². The Morgan fingerprint density at radius 1 is 1.23 bits per heavy atom. The van der Waals surface area contributed by atoms with E-state index < -0.39 is 16.1 Å². The van der Waals surface area contributed by atoms with Crippen molar-refractivity contribution in [1.29, 1.82) is 0 Å². The summed E-state index contributed by atoms with van der Waals surface area (Å²) in [7, 11) is -3.92. The van der Waals surface area contributed by atoms with E-state index in [2.05, 4.69) is 26.2 Å². The van der Waals surface area contributed by atoms with Crippen LogP contribution in [0.3, 0.4) is 0 Å². The van der Waals surface area contributed by atoms with Gasteiger partial charge in [0.2, 0.25) is 15.9 Å². The average Bonchev–Trinajstić information content (AvgIpc) is 2.62. The Balaban J connectivity index is 1.99. The zero-order valence-corrected chi connectivity index (χ0v) is 16.9. The molecular formula is C17H17BrClN3O3S. The summed E-state index contributed by atoms with van der Waals surface area (Å²) in [6.07, 6.45) is 2.41. The summed E-state index contributed by atoms with van der Waals surface area (Å²) >= 11 is 9.13. The van der Waals surface area contributed by atoms with Crippen LogP contribution in [0.4, 0.5) is 0 Å². The Morgan fingerprint density at radius 3 is 2.58 bits per heavy atom. The summed E-state index contributed by atoms with van der Waals surface area (Å²) in [6, 6.07) is 9.40. The first-order chi connectivity index (χ1) is 12.4. The van der Waals surface area contributed by atoms with Crippen molar-refractivity contribution in [3.63, 3.8) is 0 Å². The Morgan fingerprint density at radius 2 is 1.96 bits per heavy atom. The molecule has 2 aromatic rings. The van der Waals surface area contributed by atoms with Gasteiger partial charge in [-0.2, -0.15) is 4.31 Å². The van der Waals surface area contributed by atoms with E-state index in [1.54, 1.807) is 0 Å². The smallest absolute Gasteiger partial charge is 0.245 e. The molecule has 1 saturated heterocycles. The number of carbonyl (C=O) groups is 1. The highest BCUT2D eigenvalue weighted by Gasteiger charge is 2.37. The molecule has 2 heterocycles. The molecule has 26 heavy (non-hydrogen) atoms. The zero-order chi connectivity index (χ0) is 18.7. The fraction of sp³-hybridized carbons (Fsp3) is 0.294. The van der Waals surface area contributed by atoms with Crippen molar-refractivity contribution in [2.24, 2.45) is 0 Å². The lowest BCUT2D eigenvalue weighted by Gasteiger charge is -2.32. The SMILES string of the molecule is O=C1NCCC[C@H]1N(Cc1ccc(Br)cc1)S(=O)(=O)c1ccc(Cl)nc1. The minimum Gasteiger partial charge on any atom is -0.355 e. The largest absolute Gasteiger partial charge is 0.355 e. The second kappa shape index (κ2) is 8.04. The number of pyridine rings is 1. The molecule has 1 aliphatic rings. The molecule has 0 unspecified atom stereocenters. The Labute approximate surface area is 165 Å². The van der Waals surface area contributed by atoms with Gasteiger partial charge in [0, 0.05) is 23.8 Å². The highest BCUT2D eigenvalue weighted by molar-refractivity contribution is 9.10. The van der Waals surface area contributed by atoms with E-state index in [1.165, 1.54) is 22.6 Å². The second-order valence-electron chi connectivity index (χ2n) is 5.94. The molecule has 0 aliphatic carbocycles. The monoisotopic (exact) mass is 457 g/mol. The standard InChI is InChI=1S/C17H17BrClN3O3S/c18-13-5-3-12(4-6-13)11-22(15-2-1-9-20-17(15)23)26(24,25)14-7-8-16(19)21-10-14/h3-8,10,15H,1-2,9,11H2,(H,20,23)/t15-/m1/s1. The summed E-state index contributed by atoms with van der Waals surface area (Å²) in [6.45, 7) is 0.653. The van der Waals surface area contributed by atoms with Gasteiger partial charge in [-0.3, -0.25) is 4.79 Å². The van der Waals surface area contributed by atoms with Crippen molar-refractivity contribution in [2.75, 3.05) is 6.54 Å². The van der Waals surface area contributed by atoms with E-state index in [0.717, 1.165) is 16.5 Å². The number of nitrogens with zero attached hydrogens (tertiary/aromatic N) is 2. The van der Waals surface area contributed by atoms with Crippen LogP contribution in [0.2, 0.25) is 5.15 Å². The summed E-state index contributed by atoms with van der Waals surface area (Å²) in [5.74, 6) is -0.279. The molecule has 1 N–H and O–H groups in total. The van der Waals surface area contributed by atoms with Crippen molar-refractivity contribution in [2.45, 2.75) is 30.3 Å². The Kier molecular flexibility index (Phi) is 5.96. The van der Waals surface area contributed by atoms with Gasteiger partial charge in [-0.1, -0.05) is 39.7 Å². The first kappa shape index (κ1) is 19.3. The summed E-state index contributed by atoms with van der Waals surface area (Å²) in [5.41, 5.74) is 0.789. The minimum absolute atomic E-state index is 0.0115. The molecule has 138 valence electrons. The molecule has 1 fully saturated rings. The molecule has 1 aromatic carbocycles. The quantitative estimate of drug-likeness (QED) is 0.699. The van der Waals surface area contributed by atoms with Crippen molar-refractivity contribution >= 4 is 43.5 Å². The zero-order valence-electron chi connectivity index (χ0n) is 13.7. The maximum atomic E-state index is 13.2. The third-order valence-corrected chi connectivity index (χ3v) is 6.75. The predicted molar refractivity (Wildman–Crippen MR) is 102 cm³/mol.